The molecule has 0 atom stereocenters. The zero-order valence-corrected chi connectivity index (χ0v) is 20.1. The lowest BCUT2D eigenvalue weighted by molar-refractivity contribution is -0.660. The van der Waals surface area contributed by atoms with Crippen molar-refractivity contribution in [2.75, 3.05) is 0 Å². The van der Waals surface area contributed by atoms with Crippen LogP contribution in [0.4, 0.5) is 0 Å². The Bertz CT molecular complexity index is 1390. The molecule has 1 fully saturated rings. The van der Waals surface area contributed by atoms with Gasteiger partial charge in [0.15, 0.2) is 6.20 Å². The van der Waals surface area contributed by atoms with Crippen molar-refractivity contribution >= 4 is 0 Å². The van der Waals surface area contributed by atoms with Crippen LogP contribution in [0.1, 0.15) is 53.8 Å². The van der Waals surface area contributed by atoms with Gasteiger partial charge in [-0.1, -0.05) is 55.3 Å². The van der Waals surface area contributed by atoms with Gasteiger partial charge in [-0.05, 0) is 73.6 Å². The first-order valence-corrected chi connectivity index (χ1v) is 12.2. The van der Waals surface area contributed by atoms with Gasteiger partial charge in [-0.25, -0.2) is 4.57 Å². The Balaban J connectivity index is 1.54. The van der Waals surface area contributed by atoms with E-state index in [0.717, 1.165) is 5.69 Å². The molecule has 0 bridgehead atoms. The Kier molecular flexibility index (Phi) is 4.55. The molecule has 0 aliphatic heterocycles. The molecule has 2 aromatic heterocycles. The maximum Gasteiger partial charge on any atom is 0.212 e. The molecule has 4 aromatic rings. The second kappa shape index (κ2) is 7.38. The number of hydrogen-bond donors (Lipinski definition) is 0. The summed E-state index contributed by atoms with van der Waals surface area (Å²) >= 11 is 0. The maximum atomic E-state index is 5.11. The van der Waals surface area contributed by atoms with Gasteiger partial charge in [-0.3, -0.25) is 4.98 Å². The van der Waals surface area contributed by atoms with Gasteiger partial charge < -0.3 is 0 Å². The SMILES string of the molecule is Cc1ccc2c(n1)C1(CCCC1)c1cc(C)c(-c3cc(C)c(-c4ccccc4)c[n+]3C)cc1-2. The van der Waals surface area contributed by atoms with Crippen molar-refractivity contribution in [3.63, 3.8) is 0 Å². The fraction of sp³-hybridized carbons (Fsp3) is 0.290. The lowest BCUT2D eigenvalue weighted by Crippen LogP contribution is -2.31. The maximum absolute atomic E-state index is 5.11. The van der Waals surface area contributed by atoms with E-state index in [9.17, 15) is 0 Å². The summed E-state index contributed by atoms with van der Waals surface area (Å²) in [4.78, 5) is 5.11. The summed E-state index contributed by atoms with van der Waals surface area (Å²) in [6.45, 7) is 6.63. The molecular formula is C31H31N2+. The fourth-order valence-corrected chi connectivity index (χ4v) is 6.29. The third-order valence-electron chi connectivity index (χ3n) is 7.96. The molecular weight excluding hydrogens is 400 g/mol. The van der Waals surface area contributed by atoms with E-state index in [1.165, 1.54) is 81.6 Å². The van der Waals surface area contributed by atoms with Crippen molar-refractivity contribution in [2.24, 2.45) is 7.05 Å². The van der Waals surface area contributed by atoms with Crippen LogP contribution in [0.5, 0.6) is 0 Å². The third-order valence-corrected chi connectivity index (χ3v) is 7.96. The standard InChI is InChI=1S/C31H31N2/c1-20-16-28-26(24-13-12-22(3)32-30(24)31(28)14-8-9-15-31)18-25(20)29-17-21(2)27(19-33(29)4)23-10-6-5-7-11-23/h5-7,10-13,16-19H,8-9,14-15H2,1-4H3/q+1. The van der Waals surface area contributed by atoms with Crippen molar-refractivity contribution in [1.29, 1.82) is 0 Å². The zero-order valence-electron chi connectivity index (χ0n) is 20.1. The van der Waals surface area contributed by atoms with E-state index in [1.54, 1.807) is 0 Å². The van der Waals surface area contributed by atoms with Crippen LogP contribution in [0.15, 0.2) is 66.9 Å². The summed E-state index contributed by atoms with van der Waals surface area (Å²) in [7, 11) is 2.17. The van der Waals surface area contributed by atoms with Crippen LogP contribution in [0.25, 0.3) is 33.5 Å². The first-order chi connectivity index (χ1) is 16.0. The quantitative estimate of drug-likeness (QED) is 0.312. The molecule has 2 aliphatic carbocycles. The van der Waals surface area contributed by atoms with Crippen molar-refractivity contribution < 1.29 is 4.57 Å². The molecule has 0 N–H and O–H groups in total. The van der Waals surface area contributed by atoms with Crippen LogP contribution in [-0.2, 0) is 12.5 Å². The van der Waals surface area contributed by atoms with Crippen LogP contribution in [0, 0.1) is 20.8 Å². The van der Waals surface area contributed by atoms with Gasteiger partial charge in [0.25, 0.3) is 0 Å². The molecule has 33 heavy (non-hydrogen) atoms. The van der Waals surface area contributed by atoms with E-state index in [4.69, 9.17) is 4.98 Å². The van der Waals surface area contributed by atoms with Crippen LogP contribution < -0.4 is 4.57 Å². The summed E-state index contributed by atoms with van der Waals surface area (Å²) in [5, 5.41) is 0. The normalized spacial score (nSPS) is 15.6. The number of benzene rings is 2. The number of hydrogen-bond acceptors (Lipinski definition) is 1. The van der Waals surface area contributed by atoms with Crippen molar-refractivity contribution in [3.8, 4) is 33.5 Å². The van der Waals surface area contributed by atoms with E-state index in [0.29, 0.717) is 0 Å². The monoisotopic (exact) mass is 431 g/mol. The predicted molar refractivity (Wildman–Crippen MR) is 135 cm³/mol. The summed E-state index contributed by atoms with van der Waals surface area (Å²) < 4.78 is 2.29. The number of aromatic nitrogens is 2. The molecule has 0 amide bonds. The molecule has 6 rings (SSSR count). The van der Waals surface area contributed by atoms with Crippen LogP contribution in [-0.4, -0.2) is 4.98 Å². The van der Waals surface area contributed by atoms with Crippen LogP contribution in [0.3, 0.4) is 0 Å². The molecule has 2 nitrogen and oxygen atoms in total. The molecule has 2 heteroatoms. The van der Waals surface area contributed by atoms with Crippen LogP contribution >= 0.6 is 0 Å². The first-order valence-electron chi connectivity index (χ1n) is 12.2. The lowest BCUT2D eigenvalue weighted by Gasteiger charge is -2.26. The second-order valence-electron chi connectivity index (χ2n) is 10.1. The minimum atomic E-state index is 0.120. The molecule has 1 saturated carbocycles. The predicted octanol–water partition coefficient (Wildman–Crippen LogP) is 7.01. The van der Waals surface area contributed by atoms with Gasteiger partial charge in [-0.15, -0.1) is 0 Å². The Morgan fingerprint density at radius 2 is 1.48 bits per heavy atom. The van der Waals surface area contributed by atoms with Gasteiger partial charge >= 0.3 is 0 Å². The largest absolute Gasteiger partial charge is 0.257 e. The minimum Gasteiger partial charge on any atom is -0.257 e. The average Bonchev–Trinajstić information content (AvgIpc) is 3.40. The molecule has 2 aromatic carbocycles. The second-order valence-corrected chi connectivity index (χ2v) is 10.1. The average molecular weight is 432 g/mol. The first kappa shape index (κ1) is 20.4. The van der Waals surface area contributed by atoms with E-state index < -0.39 is 0 Å². The summed E-state index contributed by atoms with van der Waals surface area (Å²) in [5.41, 5.74) is 14.6. The Hall–Kier alpha value is -3.26. The molecule has 2 heterocycles. The van der Waals surface area contributed by atoms with E-state index in [1.807, 2.05) is 0 Å². The van der Waals surface area contributed by atoms with E-state index in [-0.39, 0.29) is 5.41 Å². The number of aryl methyl sites for hydroxylation is 4. The molecule has 0 radical (unpaired) electrons. The smallest absolute Gasteiger partial charge is 0.212 e. The summed E-state index contributed by atoms with van der Waals surface area (Å²) in [6, 6.07) is 22.4. The number of pyridine rings is 2. The van der Waals surface area contributed by atoms with Gasteiger partial charge in [0.1, 0.15) is 7.05 Å². The zero-order chi connectivity index (χ0) is 22.7. The molecule has 0 saturated heterocycles. The van der Waals surface area contributed by atoms with Gasteiger partial charge in [-0.2, -0.15) is 0 Å². The van der Waals surface area contributed by atoms with Gasteiger partial charge in [0.05, 0.1) is 5.69 Å². The number of nitrogens with zero attached hydrogens (tertiary/aromatic N) is 2. The van der Waals surface area contributed by atoms with Crippen LogP contribution in [0.2, 0.25) is 0 Å². The topological polar surface area (TPSA) is 16.8 Å². The summed E-state index contributed by atoms with van der Waals surface area (Å²) in [6.07, 6.45) is 7.32. The van der Waals surface area contributed by atoms with E-state index >= 15 is 0 Å². The molecule has 0 unspecified atom stereocenters. The lowest BCUT2D eigenvalue weighted by atomic mass is 9.78. The Labute approximate surface area is 197 Å². The van der Waals surface area contributed by atoms with Gasteiger partial charge in [0, 0.05) is 33.9 Å². The summed E-state index contributed by atoms with van der Waals surface area (Å²) in [5.74, 6) is 0. The molecule has 164 valence electrons. The fourth-order valence-electron chi connectivity index (χ4n) is 6.29. The van der Waals surface area contributed by atoms with Crippen molar-refractivity contribution in [1.82, 2.24) is 4.98 Å². The van der Waals surface area contributed by atoms with Gasteiger partial charge in [0.2, 0.25) is 5.69 Å². The molecule has 1 spiro atoms. The van der Waals surface area contributed by atoms with Crippen molar-refractivity contribution in [2.45, 2.75) is 51.9 Å². The molecule has 2 aliphatic rings. The Morgan fingerprint density at radius 3 is 2.24 bits per heavy atom. The number of rotatable bonds is 2. The van der Waals surface area contributed by atoms with E-state index in [2.05, 4.69) is 99.2 Å². The number of fused-ring (bicyclic) bond motifs is 5. The highest BCUT2D eigenvalue weighted by Crippen LogP contribution is 2.57. The highest BCUT2D eigenvalue weighted by molar-refractivity contribution is 5.84. The Morgan fingerprint density at radius 1 is 0.758 bits per heavy atom. The highest BCUT2D eigenvalue weighted by atomic mass is 14.9. The third kappa shape index (κ3) is 3.00. The highest BCUT2D eigenvalue weighted by Gasteiger charge is 2.46. The minimum absolute atomic E-state index is 0.120. The van der Waals surface area contributed by atoms with Crippen molar-refractivity contribution in [3.05, 3.63) is 94.9 Å².